The Morgan fingerprint density at radius 2 is 1.00 bits per heavy atom. The van der Waals surface area contributed by atoms with Crippen LogP contribution in [0.3, 0.4) is 0 Å². The molecule has 0 aliphatic carbocycles. The summed E-state index contributed by atoms with van der Waals surface area (Å²) in [5, 5.41) is 2.83. The number of imide groups is 1. The molecule has 1 fully saturated rings. The average molecular weight is 576 g/mol. The number of hydrogen-bond acceptors (Lipinski definition) is 2. The minimum absolute atomic E-state index is 0. The first-order valence-electron chi connectivity index (χ1n) is 8.11. The van der Waals surface area contributed by atoms with Crippen molar-refractivity contribution in [1.29, 1.82) is 0 Å². The van der Waals surface area contributed by atoms with Gasteiger partial charge in [0.05, 0.1) is 6.54 Å². The second kappa shape index (κ2) is 31.4. The Balaban J connectivity index is -0.000000142. The molecular weight excluding hydrogens is 562 g/mol. The maximum Gasteiger partial charge on any atom is 0 e. The van der Waals surface area contributed by atoms with Crippen LogP contribution < -0.4 is 5.32 Å². The molecule has 1 N–H and O–H groups in total. The van der Waals surface area contributed by atoms with E-state index in [1.165, 1.54) is 0 Å². The second-order valence-corrected chi connectivity index (χ2v) is 5.01. The number of rotatable bonds is 3. The van der Waals surface area contributed by atoms with Gasteiger partial charge in [0.2, 0.25) is 0 Å². The van der Waals surface area contributed by atoms with Gasteiger partial charge in [0.15, 0.2) is 5.54 Å². The molecule has 1 saturated heterocycles. The van der Waals surface area contributed by atoms with Gasteiger partial charge < -0.3 is 5.32 Å². The van der Waals surface area contributed by atoms with Crippen molar-refractivity contribution in [3.05, 3.63) is 112 Å². The molecule has 3 amide bonds. The molecule has 2 aromatic carbocycles. The summed E-state index contributed by atoms with van der Waals surface area (Å²) in [6.45, 7) is 27.0. The number of terminal acetylenes is 1. The molecule has 186 valence electrons. The Morgan fingerprint density at radius 3 is 1.28 bits per heavy atom. The standard InChI is InChI=1S/C18H14N2O2.6CO.2Co/c1-2-13-20-16(21)18(19-17(20)22,14-9-5-3-6-10-14)15-11-7-4-8-12-15;6*1-2;;/h1,3-12H,13H2,(H,19,22);;;;;;;;. The van der Waals surface area contributed by atoms with Crippen molar-refractivity contribution in [2.24, 2.45) is 0 Å². The third-order valence-electron chi connectivity index (χ3n) is 3.77. The van der Waals surface area contributed by atoms with Crippen molar-refractivity contribution < 1.29 is 71.1 Å². The molecule has 0 spiro atoms. The Morgan fingerprint density at radius 1 is 0.694 bits per heavy atom. The van der Waals surface area contributed by atoms with E-state index in [1.807, 2.05) is 60.7 Å². The van der Waals surface area contributed by atoms with Crippen molar-refractivity contribution >= 4 is 11.9 Å². The first-order valence-corrected chi connectivity index (χ1v) is 8.11. The number of nitrogens with zero attached hydrogens (tertiary/aromatic N) is 1. The van der Waals surface area contributed by atoms with Crippen LogP contribution in [0.15, 0.2) is 60.7 Å². The number of urea groups is 1. The predicted octanol–water partition coefficient (Wildman–Crippen LogP) is 1.89. The normalized spacial score (nSPS) is 10.2. The van der Waals surface area contributed by atoms with Crippen molar-refractivity contribution in [1.82, 2.24) is 10.2 Å². The van der Waals surface area contributed by atoms with Crippen LogP contribution in [0.1, 0.15) is 11.1 Å². The van der Waals surface area contributed by atoms with Crippen LogP contribution in [0.25, 0.3) is 0 Å². The second-order valence-electron chi connectivity index (χ2n) is 5.01. The molecule has 12 heteroatoms. The number of amides is 3. The number of nitrogens with one attached hydrogen (secondary N) is 1. The van der Waals surface area contributed by atoms with E-state index in [-0.39, 0.29) is 46.0 Å². The molecule has 2 aromatic rings. The molecule has 0 saturated carbocycles. The quantitative estimate of drug-likeness (QED) is 0.255. The Kier molecular flexibility index (Phi) is 40.0. The molecule has 0 atom stereocenters. The third-order valence-corrected chi connectivity index (χ3v) is 3.77. The van der Waals surface area contributed by atoms with Gasteiger partial charge in [0.1, 0.15) is 0 Å². The first kappa shape index (κ1) is 45.8. The van der Waals surface area contributed by atoms with Crippen LogP contribution in [0, 0.1) is 52.2 Å². The summed E-state index contributed by atoms with van der Waals surface area (Å²) in [7, 11) is 0. The van der Waals surface area contributed by atoms with Crippen LogP contribution in [0.2, 0.25) is 0 Å². The van der Waals surface area contributed by atoms with Crippen LogP contribution in [-0.4, -0.2) is 23.4 Å². The molecule has 36 heavy (non-hydrogen) atoms. The molecule has 1 aliphatic heterocycles. The largest absolute Gasteiger partial charge is 0 e. The fraction of sp³-hybridized carbons (Fsp3) is 0.0833. The molecule has 1 heterocycles. The van der Waals surface area contributed by atoms with Gasteiger partial charge in [-0.2, -0.15) is 0 Å². The maximum absolute atomic E-state index is 13.0. The van der Waals surface area contributed by atoms with E-state index in [9.17, 15) is 9.59 Å². The first-order chi connectivity index (χ1) is 16.7. The maximum atomic E-state index is 13.0. The molecule has 1 aliphatic rings. The van der Waals surface area contributed by atoms with E-state index in [2.05, 4.69) is 51.1 Å². The Hall–Kier alpha value is -3.61. The van der Waals surface area contributed by atoms with Crippen molar-refractivity contribution in [3.8, 4) is 12.3 Å². The molecule has 0 bridgehead atoms. The van der Waals surface area contributed by atoms with E-state index >= 15 is 0 Å². The Labute approximate surface area is 228 Å². The summed E-state index contributed by atoms with van der Waals surface area (Å²) in [4.78, 5) is 26.3. The van der Waals surface area contributed by atoms with Gasteiger partial charge >= 0.3 is 73.8 Å². The summed E-state index contributed by atoms with van der Waals surface area (Å²) in [5.41, 5.74) is 0.189. The SMILES string of the molecule is C#CCN1C(=O)NC(c2ccccc2)(c2ccccc2)C1=O.[C-]#[O+].[C-]#[O+].[C-]#[O+].[C-]#[O+].[C-]#[O+].[C-]#[O+].[Co].[Co]. The van der Waals surface area contributed by atoms with Crippen molar-refractivity contribution in [3.63, 3.8) is 0 Å². The topological polar surface area (TPSA) is 169 Å². The van der Waals surface area contributed by atoms with Gasteiger partial charge in [-0.3, -0.25) is 4.79 Å². The van der Waals surface area contributed by atoms with Crippen molar-refractivity contribution in [2.75, 3.05) is 6.54 Å². The predicted molar refractivity (Wildman–Crippen MR) is 106 cm³/mol. The van der Waals surface area contributed by atoms with Gasteiger partial charge in [0.25, 0.3) is 5.91 Å². The van der Waals surface area contributed by atoms with Crippen LogP contribution in [-0.2, 0) is 71.8 Å². The van der Waals surface area contributed by atoms with E-state index in [0.29, 0.717) is 11.1 Å². The summed E-state index contributed by atoms with van der Waals surface area (Å²) in [5.74, 6) is 2.00. The molecule has 2 radical (unpaired) electrons. The molecular formula is C24H14Co2N2O8. The van der Waals surface area contributed by atoms with E-state index < -0.39 is 11.6 Å². The fourth-order valence-electron chi connectivity index (χ4n) is 2.75. The van der Waals surface area contributed by atoms with Gasteiger partial charge in [-0.15, -0.1) is 6.42 Å². The summed E-state index contributed by atoms with van der Waals surface area (Å²) in [6, 6.07) is 17.9. The van der Waals surface area contributed by atoms with Crippen LogP contribution >= 0.6 is 0 Å². The number of carbonyl (C=O) groups excluding carboxylic acids is 2. The number of carbonyl (C=O) groups is 2. The third kappa shape index (κ3) is 12.2. The van der Waals surface area contributed by atoms with Crippen LogP contribution in [0.4, 0.5) is 4.79 Å². The van der Waals surface area contributed by atoms with Crippen LogP contribution in [0.5, 0.6) is 0 Å². The van der Waals surface area contributed by atoms with E-state index in [0.717, 1.165) is 4.90 Å². The Bertz CT molecular complexity index is 939. The fourth-order valence-corrected chi connectivity index (χ4v) is 2.75. The summed E-state index contributed by atoms with van der Waals surface area (Å²) >= 11 is 0. The minimum Gasteiger partial charge on any atom is 0 e. The smallest absolute Gasteiger partial charge is 0 e. The number of hydrogen-bond donors (Lipinski definition) is 1. The number of benzene rings is 2. The zero-order chi connectivity index (χ0) is 27.6. The minimum atomic E-state index is -1.23. The summed E-state index contributed by atoms with van der Waals surface area (Å²) in [6.07, 6.45) is 5.27. The molecule has 0 unspecified atom stereocenters. The molecule has 0 aromatic heterocycles. The monoisotopic (exact) mass is 576 g/mol. The summed E-state index contributed by atoms with van der Waals surface area (Å²) < 4.78 is 45.0. The van der Waals surface area contributed by atoms with Crippen molar-refractivity contribution in [2.45, 2.75) is 5.54 Å². The van der Waals surface area contributed by atoms with Gasteiger partial charge in [-0.05, 0) is 11.1 Å². The van der Waals surface area contributed by atoms with Gasteiger partial charge in [-0.1, -0.05) is 66.6 Å². The van der Waals surface area contributed by atoms with E-state index in [1.54, 1.807) is 0 Å². The van der Waals surface area contributed by atoms with Gasteiger partial charge in [-0.25, -0.2) is 9.69 Å². The molecule has 3 rings (SSSR count). The van der Waals surface area contributed by atoms with E-state index in [4.69, 9.17) is 34.3 Å². The average Bonchev–Trinajstić information content (AvgIpc) is 3.22. The zero-order valence-corrected chi connectivity index (χ0v) is 20.0. The zero-order valence-electron chi connectivity index (χ0n) is 17.9. The molecule has 10 nitrogen and oxygen atoms in total. The van der Waals surface area contributed by atoms with Gasteiger partial charge in [0, 0.05) is 33.6 Å².